The number of carbonyl (C=O) groups excluding carboxylic acids is 1. The van der Waals surface area contributed by atoms with Crippen LogP contribution < -0.4 is 10.6 Å². The molecule has 1 unspecified atom stereocenters. The van der Waals surface area contributed by atoms with Gasteiger partial charge < -0.3 is 10.6 Å². The van der Waals surface area contributed by atoms with Crippen LogP contribution in [0.1, 0.15) is 30.9 Å². The Morgan fingerprint density at radius 1 is 1.47 bits per heavy atom. The molecule has 1 atom stereocenters. The zero-order valence-corrected chi connectivity index (χ0v) is 10.3. The molecule has 1 saturated carbocycles. The van der Waals surface area contributed by atoms with Crippen molar-refractivity contribution in [3.05, 3.63) is 17.8 Å². The van der Waals surface area contributed by atoms with E-state index in [0.29, 0.717) is 5.69 Å². The monoisotopic (exact) mass is 268 g/mol. The van der Waals surface area contributed by atoms with Gasteiger partial charge in [-0.2, -0.15) is 0 Å². The molecule has 0 radical (unpaired) electrons. The minimum Gasteiger partial charge on any atom is -0.367 e. The average molecular weight is 268 g/mol. The van der Waals surface area contributed by atoms with Crippen molar-refractivity contribution in [2.75, 3.05) is 18.0 Å². The van der Waals surface area contributed by atoms with Gasteiger partial charge in [-0.15, -0.1) is 0 Å². The van der Waals surface area contributed by atoms with Gasteiger partial charge in [0.15, 0.2) is 11.6 Å². The molecule has 3 rings (SSSR count). The minimum atomic E-state index is -2.10. The van der Waals surface area contributed by atoms with Gasteiger partial charge in [0, 0.05) is 18.9 Å². The molecule has 5 nitrogen and oxygen atoms in total. The molecule has 102 valence electrons. The van der Waals surface area contributed by atoms with E-state index in [0.717, 1.165) is 12.8 Å². The first-order valence-corrected chi connectivity index (χ1v) is 6.25. The summed E-state index contributed by atoms with van der Waals surface area (Å²) in [6.45, 7) is -0.0299. The van der Waals surface area contributed by atoms with Crippen molar-refractivity contribution in [2.24, 2.45) is 5.73 Å². The maximum atomic E-state index is 14.3. The van der Waals surface area contributed by atoms with Crippen LogP contribution in [-0.2, 0) is 4.79 Å². The summed E-state index contributed by atoms with van der Waals surface area (Å²) in [4.78, 5) is 20.3. The van der Waals surface area contributed by atoms with E-state index < -0.39 is 17.4 Å². The summed E-state index contributed by atoms with van der Waals surface area (Å²) in [6, 6.07) is 0. The number of aromatic nitrogens is 2. The van der Waals surface area contributed by atoms with E-state index in [1.165, 1.54) is 11.2 Å². The Kier molecular flexibility index (Phi) is 2.65. The first kappa shape index (κ1) is 12.3. The van der Waals surface area contributed by atoms with Crippen molar-refractivity contribution in [1.29, 1.82) is 0 Å². The van der Waals surface area contributed by atoms with Crippen molar-refractivity contribution >= 4 is 11.7 Å². The molecule has 1 aliphatic heterocycles. The maximum Gasteiger partial charge on any atom is 0.257 e. The van der Waals surface area contributed by atoms with Gasteiger partial charge in [0.05, 0.1) is 12.2 Å². The van der Waals surface area contributed by atoms with Crippen LogP contribution in [0.5, 0.6) is 0 Å². The van der Waals surface area contributed by atoms with Gasteiger partial charge in [0.1, 0.15) is 6.33 Å². The molecule has 2 heterocycles. The molecule has 7 heteroatoms. The largest absolute Gasteiger partial charge is 0.367 e. The van der Waals surface area contributed by atoms with E-state index in [2.05, 4.69) is 9.97 Å². The molecule has 0 bridgehead atoms. The summed E-state index contributed by atoms with van der Waals surface area (Å²) in [5.41, 5.74) is 3.32. The van der Waals surface area contributed by atoms with Crippen LogP contribution in [0.15, 0.2) is 6.33 Å². The summed E-state index contributed by atoms with van der Waals surface area (Å²) < 4.78 is 28.4. The lowest BCUT2D eigenvalue weighted by molar-refractivity contribution is -0.128. The Morgan fingerprint density at radius 3 is 2.79 bits per heavy atom. The van der Waals surface area contributed by atoms with Crippen LogP contribution in [0.25, 0.3) is 0 Å². The highest BCUT2D eigenvalue weighted by Crippen LogP contribution is 2.41. The van der Waals surface area contributed by atoms with E-state index in [-0.39, 0.29) is 31.2 Å². The third-order valence-electron chi connectivity index (χ3n) is 3.72. The normalized spacial score (nSPS) is 26.7. The van der Waals surface area contributed by atoms with Crippen LogP contribution in [0.2, 0.25) is 0 Å². The second-order valence-electron chi connectivity index (χ2n) is 5.17. The highest BCUT2D eigenvalue weighted by Gasteiger charge is 2.45. The molecule has 2 aliphatic rings. The van der Waals surface area contributed by atoms with E-state index in [9.17, 15) is 13.6 Å². The zero-order valence-electron chi connectivity index (χ0n) is 10.3. The van der Waals surface area contributed by atoms with E-state index >= 15 is 0 Å². The lowest BCUT2D eigenvalue weighted by atomic mass is 10.1. The average Bonchev–Trinajstić information content (AvgIpc) is 3.13. The molecule has 1 aliphatic carbocycles. The van der Waals surface area contributed by atoms with Crippen molar-refractivity contribution < 1.29 is 13.6 Å². The molecule has 1 saturated heterocycles. The highest BCUT2D eigenvalue weighted by atomic mass is 19.1. The summed E-state index contributed by atoms with van der Waals surface area (Å²) >= 11 is 0. The van der Waals surface area contributed by atoms with Crippen molar-refractivity contribution in [3.63, 3.8) is 0 Å². The fourth-order valence-electron chi connectivity index (χ4n) is 2.39. The van der Waals surface area contributed by atoms with Gasteiger partial charge in [-0.05, 0) is 12.8 Å². The fourth-order valence-corrected chi connectivity index (χ4v) is 2.39. The summed E-state index contributed by atoms with van der Waals surface area (Å²) in [7, 11) is 0. The number of alkyl halides is 1. The Balaban J connectivity index is 1.88. The molecule has 1 amide bonds. The van der Waals surface area contributed by atoms with Gasteiger partial charge in [0.25, 0.3) is 5.91 Å². The number of anilines is 1. The second kappa shape index (κ2) is 4.11. The number of hydrogen-bond acceptors (Lipinski definition) is 4. The van der Waals surface area contributed by atoms with Crippen LogP contribution in [0.3, 0.4) is 0 Å². The first-order valence-electron chi connectivity index (χ1n) is 6.25. The third kappa shape index (κ3) is 2.02. The molecule has 1 aromatic rings. The smallest absolute Gasteiger partial charge is 0.257 e. The molecule has 1 aromatic heterocycles. The van der Waals surface area contributed by atoms with Crippen LogP contribution in [0, 0.1) is 5.82 Å². The predicted molar refractivity (Wildman–Crippen MR) is 63.8 cm³/mol. The number of halogens is 2. The van der Waals surface area contributed by atoms with Crippen molar-refractivity contribution in [2.45, 2.75) is 30.8 Å². The number of amides is 1. The molecule has 2 fully saturated rings. The number of carbonyl (C=O) groups is 1. The highest BCUT2D eigenvalue weighted by molar-refractivity contribution is 5.85. The number of primary amides is 1. The lowest BCUT2D eigenvalue weighted by Gasteiger charge is -2.20. The summed E-state index contributed by atoms with van der Waals surface area (Å²) in [5, 5.41) is 0. The predicted octanol–water partition coefficient (Wildman–Crippen LogP) is 0.897. The molecule has 19 heavy (non-hydrogen) atoms. The second-order valence-corrected chi connectivity index (χ2v) is 5.17. The summed E-state index contributed by atoms with van der Waals surface area (Å²) in [5.74, 6) is -1.29. The number of rotatable bonds is 3. The van der Waals surface area contributed by atoms with Gasteiger partial charge in [-0.3, -0.25) is 4.79 Å². The topological polar surface area (TPSA) is 72.1 Å². The quantitative estimate of drug-likeness (QED) is 0.884. The van der Waals surface area contributed by atoms with Gasteiger partial charge in [-0.25, -0.2) is 18.7 Å². The Morgan fingerprint density at radius 2 is 2.21 bits per heavy atom. The molecule has 0 aromatic carbocycles. The lowest BCUT2D eigenvalue weighted by Crippen LogP contribution is -2.42. The Bertz CT molecular complexity index is 534. The first-order chi connectivity index (χ1) is 9.01. The van der Waals surface area contributed by atoms with E-state index in [4.69, 9.17) is 5.73 Å². The van der Waals surface area contributed by atoms with E-state index in [1.807, 2.05) is 0 Å². The third-order valence-corrected chi connectivity index (χ3v) is 3.72. The minimum absolute atomic E-state index is 0.0372. The standard InChI is InChI=1S/C12H14F2N4O/c13-8-9(7-1-2-7)16-6-17-10(8)18-4-3-12(14,5-18)11(15)19/h6-7H,1-5H2,(H2,15,19). The Hall–Kier alpha value is -1.79. The van der Waals surface area contributed by atoms with Crippen molar-refractivity contribution in [1.82, 2.24) is 9.97 Å². The maximum absolute atomic E-state index is 14.3. The van der Waals surface area contributed by atoms with Crippen molar-refractivity contribution in [3.8, 4) is 0 Å². The number of nitrogens with two attached hydrogens (primary N) is 1. The van der Waals surface area contributed by atoms with E-state index in [1.54, 1.807) is 0 Å². The number of nitrogens with zero attached hydrogens (tertiary/aromatic N) is 3. The van der Waals surface area contributed by atoms with Gasteiger partial charge in [0.2, 0.25) is 5.67 Å². The molecule has 0 spiro atoms. The van der Waals surface area contributed by atoms with Gasteiger partial charge >= 0.3 is 0 Å². The molecule has 2 N–H and O–H groups in total. The Labute approximate surface area is 108 Å². The molecular formula is C12H14F2N4O. The number of hydrogen-bond donors (Lipinski definition) is 1. The molecular weight excluding hydrogens is 254 g/mol. The van der Waals surface area contributed by atoms with Crippen LogP contribution in [0.4, 0.5) is 14.6 Å². The SMILES string of the molecule is NC(=O)C1(F)CCN(c2ncnc(C3CC3)c2F)C1. The summed E-state index contributed by atoms with van der Waals surface area (Å²) in [6.07, 6.45) is 3.09. The van der Waals surface area contributed by atoms with Crippen LogP contribution in [-0.4, -0.2) is 34.6 Å². The van der Waals surface area contributed by atoms with Crippen LogP contribution >= 0.6 is 0 Å². The fraction of sp³-hybridized carbons (Fsp3) is 0.583. The van der Waals surface area contributed by atoms with Gasteiger partial charge in [-0.1, -0.05) is 0 Å². The zero-order chi connectivity index (χ0) is 13.6.